The van der Waals surface area contributed by atoms with Gasteiger partial charge in [-0.25, -0.2) is 4.98 Å². The number of pyridine rings is 1. The normalized spacial score (nSPS) is 28.0. The highest BCUT2D eigenvalue weighted by Crippen LogP contribution is 2.54. The number of nitrogens with one attached hydrogen (secondary N) is 1. The maximum absolute atomic E-state index is 12.5. The smallest absolute Gasteiger partial charge is 0.290 e. The lowest BCUT2D eigenvalue weighted by molar-refractivity contribution is -0.122. The van der Waals surface area contributed by atoms with Gasteiger partial charge < -0.3 is 24.4 Å². The number of carbonyl (C=O) groups is 2. The number of fused-ring (bicyclic) bond motifs is 1. The fourth-order valence-corrected chi connectivity index (χ4v) is 5.23. The number of hydrogen-bond donors (Lipinski definition) is 2. The van der Waals surface area contributed by atoms with Crippen molar-refractivity contribution in [2.24, 2.45) is 11.8 Å². The van der Waals surface area contributed by atoms with Crippen LogP contribution in [-0.2, 0) is 16.1 Å². The molecule has 5 heterocycles. The Labute approximate surface area is 185 Å². The van der Waals surface area contributed by atoms with Gasteiger partial charge in [0.25, 0.3) is 12.4 Å². The van der Waals surface area contributed by atoms with E-state index in [1.54, 1.807) is 26.2 Å². The number of ether oxygens (including phenoxy) is 2. The van der Waals surface area contributed by atoms with Crippen LogP contribution in [0.3, 0.4) is 0 Å². The molecule has 1 amide bonds. The predicted octanol–water partition coefficient (Wildman–Crippen LogP) is 0.892. The SMILES string of the molecule is COc1ccc(C(=O)NC[C@H]2[C@H]3CN(Cc4noc(C)n4)C[C@]34CC[C@H]2O4)cn1.O=CO. The van der Waals surface area contributed by atoms with E-state index in [4.69, 9.17) is 23.9 Å². The maximum Gasteiger partial charge on any atom is 0.290 e. The standard InChI is InChI=1S/C20H25N5O4.CH2O2/c1-12-23-17(24-29-12)10-25-9-15-14(16-5-6-20(15,11-25)28-16)8-22-19(26)13-3-4-18(27-2)21-7-13;2-1-3/h3-4,7,14-16H,5-6,8-11H2,1-2H3,(H,22,26);1H,(H,2,3)/t14-,15+,16+,20+;/m0./s1. The van der Waals surface area contributed by atoms with Crippen LogP contribution in [-0.4, -0.2) is 76.0 Å². The average Bonchev–Trinajstić information content (AvgIpc) is 3.53. The second-order valence-corrected chi connectivity index (χ2v) is 8.33. The third-order valence-corrected chi connectivity index (χ3v) is 6.50. The molecule has 2 aromatic rings. The summed E-state index contributed by atoms with van der Waals surface area (Å²) in [4.78, 5) is 31.7. The van der Waals surface area contributed by atoms with E-state index in [0.717, 1.165) is 25.9 Å². The van der Waals surface area contributed by atoms with E-state index in [-0.39, 0.29) is 24.1 Å². The molecule has 0 aliphatic carbocycles. The lowest BCUT2D eigenvalue weighted by Gasteiger charge is -2.29. The molecule has 3 saturated heterocycles. The number of likely N-dealkylation sites (tertiary alicyclic amines) is 1. The second-order valence-electron chi connectivity index (χ2n) is 8.33. The summed E-state index contributed by atoms with van der Waals surface area (Å²) in [6.45, 7) is 4.64. The fourth-order valence-electron chi connectivity index (χ4n) is 5.23. The molecule has 3 aliphatic heterocycles. The molecule has 2 aromatic heterocycles. The average molecular weight is 445 g/mol. The van der Waals surface area contributed by atoms with Crippen molar-refractivity contribution in [3.8, 4) is 5.88 Å². The summed E-state index contributed by atoms with van der Waals surface area (Å²) in [5, 5.41) is 14.0. The molecular weight excluding hydrogens is 418 g/mol. The van der Waals surface area contributed by atoms with E-state index in [2.05, 4.69) is 25.3 Å². The largest absolute Gasteiger partial charge is 0.483 e. The zero-order valence-electron chi connectivity index (χ0n) is 18.1. The van der Waals surface area contributed by atoms with Crippen molar-refractivity contribution in [2.75, 3.05) is 26.7 Å². The van der Waals surface area contributed by atoms with Gasteiger partial charge in [0, 0.05) is 50.7 Å². The first kappa shape index (κ1) is 22.2. The summed E-state index contributed by atoms with van der Waals surface area (Å²) in [5.74, 6) is 2.40. The lowest BCUT2D eigenvalue weighted by Crippen LogP contribution is -2.41. The van der Waals surface area contributed by atoms with Crippen molar-refractivity contribution in [1.29, 1.82) is 0 Å². The van der Waals surface area contributed by atoms with Gasteiger partial charge in [-0.2, -0.15) is 4.98 Å². The van der Waals surface area contributed by atoms with Crippen LogP contribution in [0.4, 0.5) is 0 Å². The Morgan fingerprint density at radius 3 is 2.94 bits per heavy atom. The number of rotatable bonds is 6. The van der Waals surface area contributed by atoms with Crippen molar-refractivity contribution in [1.82, 2.24) is 25.3 Å². The molecule has 2 N–H and O–H groups in total. The van der Waals surface area contributed by atoms with Gasteiger partial charge in [0.05, 0.1) is 30.9 Å². The van der Waals surface area contributed by atoms with Crippen LogP contribution in [0.5, 0.6) is 5.88 Å². The monoisotopic (exact) mass is 445 g/mol. The van der Waals surface area contributed by atoms with E-state index < -0.39 is 0 Å². The number of aryl methyl sites for hydroxylation is 1. The quantitative estimate of drug-likeness (QED) is 0.616. The van der Waals surface area contributed by atoms with Gasteiger partial charge >= 0.3 is 0 Å². The Morgan fingerprint density at radius 2 is 2.28 bits per heavy atom. The first-order valence-corrected chi connectivity index (χ1v) is 10.5. The predicted molar refractivity (Wildman–Crippen MR) is 110 cm³/mol. The van der Waals surface area contributed by atoms with E-state index in [9.17, 15) is 4.79 Å². The summed E-state index contributed by atoms with van der Waals surface area (Å²) in [5.41, 5.74) is 0.436. The Kier molecular flexibility index (Phi) is 6.38. The second kappa shape index (κ2) is 9.21. The fraction of sp³-hybridized carbons (Fsp3) is 0.571. The minimum absolute atomic E-state index is 0.0967. The van der Waals surface area contributed by atoms with Crippen LogP contribution in [0.15, 0.2) is 22.9 Å². The third-order valence-electron chi connectivity index (χ3n) is 6.50. The maximum atomic E-state index is 12.5. The van der Waals surface area contributed by atoms with Crippen molar-refractivity contribution in [3.05, 3.63) is 35.6 Å². The molecule has 3 fully saturated rings. The van der Waals surface area contributed by atoms with E-state index in [0.29, 0.717) is 48.1 Å². The van der Waals surface area contributed by atoms with Gasteiger partial charge in [0.2, 0.25) is 11.8 Å². The molecule has 172 valence electrons. The molecule has 32 heavy (non-hydrogen) atoms. The number of nitrogens with zero attached hydrogens (tertiary/aromatic N) is 4. The summed E-state index contributed by atoms with van der Waals surface area (Å²) in [7, 11) is 1.55. The molecule has 0 radical (unpaired) electrons. The molecule has 5 rings (SSSR count). The zero-order chi connectivity index (χ0) is 22.7. The van der Waals surface area contributed by atoms with Crippen LogP contribution in [0.1, 0.15) is 34.9 Å². The van der Waals surface area contributed by atoms with Gasteiger partial charge in [-0.1, -0.05) is 5.16 Å². The number of hydrogen-bond acceptors (Lipinski definition) is 9. The van der Waals surface area contributed by atoms with Crippen molar-refractivity contribution in [2.45, 2.75) is 38.0 Å². The molecule has 2 bridgehead atoms. The van der Waals surface area contributed by atoms with Gasteiger partial charge in [-0.15, -0.1) is 0 Å². The molecule has 0 unspecified atom stereocenters. The number of carbonyl (C=O) groups excluding carboxylic acids is 1. The van der Waals surface area contributed by atoms with Gasteiger partial charge in [-0.05, 0) is 18.9 Å². The zero-order valence-corrected chi connectivity index (χ0v) is 18.1. The van der Waals surface area contributed by atoms with Crippen molar-refractivity contribution < 1.29 is 28.7 Å². The summed E-state index contributed by atoms with van der Waals surface area (Å²) in [6, 6.07) is 3.42. The Balaban J connectivity index is 0.000000775. The topological polar surface area (TPSA) is 140 Å². The van der Waals surface area contributed by atoms with E-state index in [1.807, 2.05) is 0 Å². The van der Waals surface area contributed by atoms with Gasteiger partial charge in [0.15, 0.2) is 5.82 Å². The number of aromatic nitrogens is 3. The van der Waals surface area contributed by atoms with Crippen molar-refractivity contribution >= 4 is 12.4 Å². The van der Waals surface area contributed by atoms with Crippen LogP contribution in [0.25, 0.3) is 0 Å². The molecule has 11 nitrogen and oxygen atoms in total. The highest BCUT2D eigenvalue weighted by atomic mass is 16.5. The number of amides is 1. The molecule has 4 atom stereocenters. The highest BCUT2D eigenvalue weighted by molar-refractivity contribution is 5.93. The Hall–Kier alpha value is -3.05. The van der Waals surface area contributed by atoms with Crippen molar-refractivity contribution in [3.63, 3.8) is 0 Å². The lowest BCUT2D eigenvalue weighted by atomic mass is 9.73. The summed E-state index contributed by atoms with van der Waals surface area (Å²) in [6.07, 6.45) is 3.90. The van der Waals surface area contributed by atoms with Crippen LogP contribution >= 0.6 is 0 Å². The highest BCUT2D eigenvalue weighted by Gasteiger charge is 2.62. The first-order chi connectivity index (χ1) is 15.5. The van der Waals surface area contributed by atoms with E-state index in [1.165, 1.54) is 6.20 Å². The van der Waals surface area contributed by atoms with Crippen LogP contribution < -0.4 is 10.1 Å². The third kappa shape index (κ3) is 4.30. The molecule has 0 aromatic carbocycles. The molecule has 1 spiro atoms. The van der Waals surface area contributed by atoms with Crippen LogP contribution in [0, 0.1) is 18.8 Å². The Bertz CT molecular complexity index is 950. The molecule has 11 heteroatoms. The molecular formula is C21H27N5O6. The Morgan fingerprint density at radius 1 is 1.47 bits per heavy atom. The number of carboxylic acid groups (broad SMARTS) is 1. The molecule has 0 saturated carbocycles. The molecule has 3 aliphatic rings. The van der Waals surface area contributed by atoms with E-state index >= 15 is 0 Å². The van der Waals surface area contributed by atoms with Gasteiger partial charge in [0.1, 0.15) is 0 Å². The minimum Gasteiger partial charge on any atom is -0.483 e. The number of methoxy groups -OCH3 is 1. The summed E-state index contributed by atoms with van der Waals surface area (Å²) >= 11 is 0. The minimum atomic E-state index is -0.250. The first-order valence-electron chi connectivity index (χ1n) is 10.5. The van der Waals surface area contributed by atoms with Gasteiger partial charge in [-0.3, -0.25) is 14.5 Å². The summed E-state index contributed by atoms with van der Waals surface area (Å²) < 4.78 is 16.6. The van der Waals surface area contributed by atoms with Crippen LogP contribution in [0.2, 0.25) is 0 Å².